The van der Waals surface area contributed by atoms with E-state index in [4.69, 9.17) is 0 Å². The quantitative estimate of drug-likeness (QED) is 0.788. The van der Waals surface area contributed by atoms with Crippen molar-refractivity contribution in [3.8, 4) is 0 Å². The maximum atomic E-state index is 12.8. The monoisotopic (exact) mass is 302 g/mol. The van der Waals surface area contributed by atoms with Gasteiger partial charge in [0.25, 0.3) is 5.91 Å². The topological polar surface area (TPSA) is 66.4 Å². The SMILES string of the molecule is CC(=O)N1CCC[C@@]2(C)[C@@H]1CCCN2C(=O)c1ncccn1. The molecular formula is C16H22N4O2. The molecule has 2 aliphatic heterocycles. The molecule has 0 spiro atoms. The zero-order valence-corrected chi connectivity index (χ0v) is 13.2. The van der Waals surface area contributed by atoms with Crippen molar-refractivity contribution in [1.82, 2.24) is 19.8 Å². The van der Waals surface area contributed by atoms with Gasteiger partial charge in [0.15, 0.2) is 0 Å². The minimum absolute atomic E-state index is 0.0974. The molecule has 2 saturated heterocycles. The van der Waals surface area contributed by atoms with Crippen LogP contribution in [0.5, 0.6) is 0 Å². The summed E-state index contributed by atoms with van der Waals surface area (Å²) in [5.74, 6) is 0.212. The summed E-state index contributed by atoms with van der Waals surface area (Å²) in [5, 5.41) is 0. The third-order valence-electron chi connectivity index (χ3n) is 5.06. The predicted octanol–water partition coefficient (Wildman–Crippen LogP) is 1.48. The fourth-order valence-electron chi connectivity index (χ4n) is 3.99. The van der Waals surface area contributed by atoms with Crippen molar-refractivity contribution >= 4 is 11.8 Å². The first-order valence-corrected chi connectivity index (χ1v) is 7.90. The Morgan fingerprint density at radius 1 is 1.23 bits per heavy atom. The van der Waals surface area contributed by atoms with Gasteiger partial charge in [0.1, 0.15) is 0 Å². The number of amides is 2. The number of nitrogens with zero attached hydrogens (tertiary/aromatic N) is 4. The molecule has 3 heterocycles. The number of rotatable bonds is 1. The third kappa shape index (κ3) is 2.36. The van der Waals surface area contributed by atoms with Crippen LogP contribution in [0.15, 0.2) is 18.5 Å². The van der Waals surface area contributed by atoms with E-state index >= 15 is 0 Å². The summed E-state index contributed by atoms with van der Waals surface area (Å²) in [6, 6.07) is 1.80. The maximum absolute atomic E-state index is 12.8. The van der Waals surface area contributed by atoms with Gasteiger partial charge >= 0.3 is 0 Å². The molecule has 1 aromatic heterocycles. The highest BCUT2D eigenvalue weighted by Crippen LogP contribution is 2.39. The van der Waals surface area contributed by atoms with Crippen LogP contribution >= 0.6 is 0 Å². The van der Waals surface area contributed by atoms with Crippen LogP contribution in [0.4, 0.5) is 0 Å². The summed E-state index contributed by atoms with van der Waals surface area (Å²) in [6.45, 7) is 5.22. The molecule has 0 saturated carbocycles. The summed E-state index contributed by atoms with van der Waals surface area (Å²) >= 11 is 0. The van der Waals surface area contributed by atoms with Crippen LogP contribution < -0.4 is 0 Å². The van der Waals surface area contributed by atoms with Gasteiger partial charge in [-0.25, -0.2) is 9.97 Å². The van der Waals surface area contributed by atoms with E-state index < -0.39 is 0 Å². The van der Waals surface area contributed by atoms with Crippen LogP contribution in [0, 0.1) is 0 Å². The molecule has 2 atom stereocenters. The minimum Gasteiger partial charge on any atom is -0.338 e. The number of hydrogen-bond acceptors (Lipinski definition) is 4. The molecule has 0 aliphatic carbocycles. The second-order valence-electron chi connectivity index (χ2n) is 6.36. The minimum atomic E-state index is -0.321. The van der Waals surface area contributed by atoms with Gasteiger partial charge in [0.2, 0.25) is 11.7 Å². The van der Waals surface area contributed by atoms with Crippen molar-refractivity contribution in [1.29, 1.82) is 0 Å². The Balaban J connectivity index is 1.92. The summed E-state index contributed by atoms with van der Waals surface area (Å²) in [7, 11) is 0. The Morgan fingerprint density at radius 2 is 1.95 bits per heavy atom. The Kier molecular flexibility index (Phi) is 3.85. The number of carbonyl (C=O) groups excluding carboxylic acids is 2. The van der Waals surface area contributed by atoms with Crippen molar-refractivity contribution in [3.05, 3.63) is 24.3 Å². The largest absolute Gasteiger partial charge is 0.338 e. The van der Waals surface area contributed by atoms with Gasteiger partial charge in [-0.05, 0) is 38.7 Å². The number of carbonyl (C=O) groups is 2. The van der Waals surface area contributed by atoms with Crippen molar-refractivity contribution < 1.29 is 9.59 Å². The molecule has 118 valence electrons. The van der Waals surface area contributed by atoms with Crippen LogP contribution in [-0.4, -0.2) is 56.3 Å². The normalized spacial score (nSPS) is 28.2. The van der Waals surface area contributed by atoms with Gasteiger partial charge in [-0.3, -0.25) is 9.59 Å². The molecule has 6 heteroatoms. The Bertz CT molecular complexity index is 577. The first kappa shape index (κ1) is 14.9. The van der Waals surface area contributed by atoms with Crippen molar-refractivity contribution in [2.75, 3.05) is 13.1 Å². The van der Waals surface area contributed by atoms with Gasteiger partial charge in [-0.1, -0.05) is 0 Å². The Morgan fingerprint density at radius 3 is 2.64 bits per heavy atom. The second kappa shape index (κ2) is 5.66. The molecule has 3 rings (SSSR count). The van der Waals surface area contributed by atoms with Crippen LogP contribution in [0.25, 0.3) is 0 Å². The number of aromatic nitrogens is 2. The lowest BCUT2D eigenvalue weighted by Crippen LogP contribution is -2.68. The molecule has 0 unspecified atom stereocenters. The zero-order valence-electron chi connectivity index (χ0n) is 13.2. The number of fused-ring (bicyclic) bond motifs is 1. The summed E-state index contributed by atoms with van der Waals surface area (Å²) in [6.07, 6.45) is 6.88. The Hall–Kier alpha value is -1.98. The standard InChI is InChI=1S/C16H22N4O2/c1-12(21)19-10-4-7-16(2)13(19)6-3-11-20(16)15(22)14-17-8-5-9-18-14/h5,8-9,13H,3-4,6-7,10-11H2,1-2H3/t13-,16-/m0/s1. The van der Waals surface area contributed by atoms with Crippen molar-refractivity contribution in [2.24, 2.45) is 0 Å². The molecule has 1 aromatic rings. The van der Waals surface area contributed by atoms with E-state index in [1.807, 2.05) is 9.80 Å². The van der Waals surface area contributed by atoms with E-state index in [0.717, 1.165) is 32.2 Å². The van der Waals surface area contributed by atoms with Gasteiger partial charge in [-0.2, -0.15) is 0 Å². The molecule has 2 fully saturated rings. The predicted molar refractivity (Wildman–Crippen MR) is 81.1 cm³/mol. The van der Waals surface area contributed by atoms with E-state index in [9.17, 15) is 9.59 Å². The lowest BCUT2D eigenvalue weighted by molar-refractivity contribution is -0.140. The highest BCUT2D eigenvalue weighted by Gasteiger charge is 2.50. The van der Waals surface area contributed by atoms with Gasteiger partial charge < -0.3 is 9.80 Å². The van der Waals surface area contributed by atoms with Crippen molar-refractivity contribution in [2.45, 2.75) is 51.1 Å². The smallest absolute Gasteiger partial charge is 0.292 e. The van der Waals surface area contributed by atoms with E-state index in [0.29, 0.717) is 6.54 Å². The van der Waals surface area contributed by atoms with E-state index in [1.165, 1.54) is 0 Å². The molecule has 0 aromatic carbocycles. The summed E-state index contributed by atoms with van der Waals surface area (Å²) < 4.78 is 0. The average molecular weight is 302 g/mol. The molecule has 2 amide bonds. The van der Waals surface area contributed by atoms with Crippen LogP contribution in [0.3, 0.4) is 0 Å². The average Bonchev–Trinajstić information content (AvgIpc) is 2.53. The fourth-order valence-corrected chi connectivity index (χ4v) is 3.99. The lowest BCUT2D eigenvalue weighted by atomic mass is 9.76. The fraction of sp³-hybridized carbons (Fsp3) is 0.625. The number of piperidine rings is 2. The maximum Gasteiger partial charge on any atom is 0.292 e. The first-order chi connectivity index (χ1) is 10.5. The highest BCUT2D eigenvalue weighted by atomic mass is 16.2. The van der Waals surface area contributed by atoms with E-state index in [1.54, 1.807) is 25.4 Å². The van der Waals surface area contributed by atoms with Crippen molar-refractivity contribution in [3.63, 3.8) is 0 Å². The molecule has 0 N–H and O–H groups in total. The lowest BCUT2D eigenvalue weighted by Gasteiger charge is -2.56. The highest BCUT2D eigenvalue weighted by molar-refractivity contribution is 5.91. The van der Waals surface area contributed by atoms with Crippen LogP contribution in [0.2, 0.25) is 0 Å². The van der Waals surface area contributed by atoms with Gasteiger partial charge in [-0.15, -0.1) is 0 Å². The van der Waals surface area contributed by atoms with E-state index in [2.05, 4.69) is 16.9 Å². The molecule has 0 radical (unpaired) electrons. The van der Waals surface area contributed by atoms with Crippen LogP contribution in [-0.2, 0) is 4.79 Å². The summed E-state index contributed by atoms with van der Waals surface area (Å²) in [5.41, 5.74) is -0.321. The second-order valence-corrected chi connectivity index (χ2v) is 6.36. The Labute approximate surface area is 130 Å². The molecule has 6 nitrogen and oxygen atoms in total. The first-order valence-electron chi connectivity index (χ1n) is 7.90. The summed E-state index contributed by atoms with van der Waals surface area (Å²) in [4.78, 5) is 36.8. The molecule has 2 aliphatic rings. The molecule has 0 bridgehead atoms. The third-order valence-corrected chi connectivity index (χ3v) is 5.06. The van der Waals surface area contributed by atoms with Gasteiger partial charge in [0, 0.05) is 32.4 Å². The number of hydrogen-bond donors (Lipinski definition) is 0. The van der Waals surface area contributed by atoms with E-state index in [-0.39, 0.29) is 29.2 Å². The molecule has 22 heavy (non-hydrogen) atoms. The number of likely N-dealkylation sites (tertiary alicyclic amines) is 2. The zero-order chi connectivity index (χ0) is 15.7. The van der Waals surface area contributed by atoms with Crippen LogP contribution in [0.1, 0.15) is 50.1 Å². The molecular weight excluding hydrogens is 280 g/mol. The van der Waals surface area contributed by atoms with Gasteiger partial charge in [0.05, 0.1) is 11.6 Å².